The second-order valence-corrected chi connectivity index (χ2v) is 6.06. The quantitative estimate of drug-likeness (QED) is 0.774. The summed E-state index contributed by atoms with van der Waals surface area (Å²) in [5.74, 6) is -0.461. The van der Waals surface area contributed by atoms with Gasteiger partial charge in [0.1, 0.15) is 5.60 Å². The number of hydrogen-bond donors (Lipinski definition) is 2. The van der Waals surface area contributed by atoms with Crippen molar-refractivity contribution < 1.29 is 14.3 Å². The Labute approximate surface area is 118 Å². The minimum absolute atomic E-state index is 0.0589. The second kappa shape index (κ2) is 5.15. The third-order valence-electron chi connectivity index (χ3n) is 2.82. The molecule has 1 amide bonds. The fraction of sp³-hybridized carbons (Fsp3) is 0.467. The van der Waals surface area contributed by atoms with Gasteiger partial charge in [0.15, 0.2) is 0 Å². The lowest BCUT2D eigenvalue weighted by molar-refractivity contribution is -0.116. The first-order valence-electron chi connectivity index (χ1n) is 6.68. The summed E-state index contributed by atoms with van der Waals surface area (Å²) in [5.41, 5.74) is 1.31. The molecule has 0 spiro atoms. The monoisotopic (exact) mass is 276 g/mol. The summed E-state index contributed by atoms with van der Waals surface area (Å²) in [7, 11) is 0. The molecule has 0 bridgehead atoms. The van der Waals surface area contributed by atoms with Crippen LogP contribution in [0.5, 0.6) is 0 Å². The van der Waals surface area contributed by atoms with Crippen LogP contribution in [0.15, 0.2) is 18.2 Å². The van der Waals surface area contributed by atoms with E-state index in [-0.39, 0.29) is 11.9 Å². The summed E-state index contributed by atoms with van der Waals surface area (Å²) in [6.07, 6.45) is 0.399. The van der Waals surface area contributed by atoms with Crippen LogP contribution in [0.25, 0.3) is 0 Å². The Kier molecular flexibility index (Phi) is 3.70. The van der Waals surface area contributed by atoms with Crippen molar-refractivity contribution in [3.05, 3.63) is 23.8 Å². The third kappa shape index (κ3) is 3.50. The van der Waals surface area contributed by atoms with Crippen LogP contribution >= 0.6 is 0 Å². The van der Waals surface area contributed by atoms with E-state index in [0.29, 0.717) is 17.7 Å². The Balaban J connectivity index is 2.27. The lowest BCUT2D eigenvalue weighted by Gasteiger charge is -2.20. The summed E-state index contributed by atoms with van der Waals surface area (Å²) in [6, 6.07) is 5.19. The van der Waals surface area contributed by atoms with E-state index < -0.39 is 11.6 Å². The first-order chi connectivity index (χ1) is 9.24. The molecule has 1 aliphatic rings. The van der Waals surface area contributed by atoms with Gasteiger partial charge in [-0.1, -0.05) is 0 Å². The molecule has 1 atom stereocenters. The number of carbonyl (C=O) groups is 2. The number of nitrogens with one attached hydrogen (secondary N) is 2. The summed E-state index contributed by atoms with van der Waals surface area (Å²) >= 11 is 0. The van der Waals surface area contributed by atoms with E-state index in [2.05, 4.69) is 10.6 Å². The van der Waals surface area contributed by atoms with Gasteiger partial charge in [-0.3, -0.25) is 4.79 Å². The Morgan fingerprint density at radius 2 is 2.00 bits per heavy atom. The van der Waals surface area contributed by atoms with E-state index in [0.717, 1.165) is 5.69 Å². The maximum atomic E-state index is 12.0. The van der Waals surface area contributed by atoms with E-state index in [1.54, 1.807) is 18.2 Å². The highest BCUT2D eigenvalue weighted by Crippen LogP contribution is 2.28. The molecule has 1 aromatic carbocycles. The van der Waals surface area contributed by atoms with Gasteiger partial charge in [-0.2, -0.15) is 0 Å². The number of benzene rings is 1. The summed E-state index contributed by atoms with van der Waals surface area (Å²) in [6.45, 7) is 7.40. The molecule has 0 saturated heterocycles. The molecule has 5 nitrogen and oxygen atoms in total. The van der Waals surface area contributed by atoms with Crippen LogP contribution in [-0.2, 0) is 9.53 Å². The molecule has 2 N–H and O–H groups in total. The maximum absolute atomic E-state index is 12.0. The zero-order valence-electron chi connectivity index (χ0n) is 12.2. The van der Waals surface area contributed by atoms with Gasteiger partial charge in [0.05, 0.1) is 16.9 Å². The molecule has 2 rings (SSSR count). The summed E-state index contributed by atoms with van der Waals surface area (Å²) in [5, 5.41) is 6.03. The normalized spacial score (nSPS) is 18.4. The van der Waals surface area contributed by atoms with E-state index in [4.69, 9.17) is 4.74 Å². The number of rotatable bonds is 1. The number of fused-ring (bicyclic) bond motifs is 1. The molecular formula is C15H20N2O3. The first-order valence-corrected chi connectivity index (χ1v) is 6.68. The van der Waals surface area contributed by atoms with Crippen LogP contribution in [0.2, 0.25) is 0 Å². The van der Waals surface area contributed by atoms with Gasteiger partial charge in [0.25, 0.3) is 0 Å². The fourth-order valence-corrected chi connectivity index (χ4v) is 2.03. The zero-order chi connectivity index (χ0) is 14.9. The van der Waals surface area contributed by atoms with Crippen LogP contribution in [0.1, 0.15) is 44.5 Å². The predicted molar refractivity (Wildman–Crippen MR) is 77.9 cm³/mol. The Morgan fingerprint density at radius 1 is 1.30 bits per heavy atom. The summed E-state index contributed by atoms with van der Waals surface area (Å²) in [4.78, 5) is 23.7. The van der Waals surface area contributed by atoms with E-state index >= 15 is 0 Å². The SMILES string of the molecule is CC1CC(=O)Nc2cc(C(=O)OC(C)(C)C)ccc2N1. The minimum atomic E-state index is -0.542. The largest absolute Gasteiger partial charge is 0.456 e. The fourth-order valence-electron chi connectivity index (χ4n) is 2.03. The Morgan fingerprint density at radius 3 is 2.65 bits per heavy atom. The molecule has 0 aliphatic carbocycles. The lowest BCUT2D eigenvalue weighted by Crippen LogP contribution is -2.24. The van der Waals surface area contributed by atoms with Crippen molar-refractivity contribution in [2.75, 3.05) is 10.6 Å². The smallest absolute Gasteiger partial charge is 0.338 e. The first kappa shape index (κ1) is 14.4. The van der Waals surface area contributed by atoms with Crippen LogP contribution in [0, 0.1) is 0 Å². The highest BCUT2D eigenvalue weighted by Gasteiger charge is 2.21. The predicted octanol–water partition coefficient (Wildman–Crippen LogP) is 2.78. The Hall–Kier alpha value is -2.04. The molecule has 5 heteroatoms. The standard InChI is InChI=1S/C15H20N2O3/c1-9-7-13(18)17-12-8-10(5-6-11(12)16-9)14(19)20-15(2,3)4/h5-6,8-9,16H,7H2,1-4H3,(H,17,18). The van der Waals surface area contributed by atoms with Gasteiger partial charge in [-0.15, -0.1) is 0 Å². The maximum Gasteiger partial charge on any atom is 0.338 e. The average Bonchev–Trinajstić information content (AvgIpc) is 2.42. The molecule has 1 unspecified atom stereocenters. The van der Waals surface area contributed by atoms with Crippen LogP contribution in [0.3, 0.4) is 0 Å². The van der Waals surface area contributed by atoms with Crippen molar-refractivity contribution in [2.24, 2.45) is 0 Å². The van der Waals surface area contributed by atoms with Crippen LogP contribution in [0.4, 0.5) is 11.4 Å². The Bertz CT molecular complexity index is 547. The van der Waals surface area contributed by atoms with E-state index in [1.165, 1.54) is 0 Å². The van der Waals surface area contributed by atoms with Gasteiger partial charge in [-0.05, 0) is 45.9 Å². The van der Waals surface area contributed by atoms with Crippen molar-refractivity contribution in [3.63, 3.8) is 0 Å². The topological polar surface area (TPSA) is 67.4 Å². The molecule has 0 saturated carbocycles. The van der Waals surface area contributed by atoms with Crippen LogP contribution in [-0.4, -0.2) is 23.5 Å². The summed E-state index contributed by atoms with van der Waals surface area (Å²) < 4.78 is 5.32. The van der Waals surface area contributed by atoms with Crippen molar-refractivity contribution >= 4 is 23.3 Å². The van der Waals surface area contributed by atoms with Gasteiger partial charge < -0.3 is 15.4 Å². The van der Waals surface area contributed by atoms with Gasteiger partial charge in [0, 0.05) is 12.5 Å². The highest BCUT2D eigenvalue weighted by molar-refractivity contribution is 5.99. The molecule has 1 heterocycles. The number of carbonyl (C=O) groups excluding carboxylic acids is 2. The van der Waals surface area contributed by atoms with Gasteiger partial charge in [-0.25, -0.2) is 4.79 Å². The molecule has 0 aromatic heterocycles. The molecule has 0 radical (unpaired) electrons. The van der Waals surface area contributed by atoms with Crippen molar-refractivity contribution in [2.45, 2.75) is 45.8 Å². The van der Waals surface area contributed by atoms with Crippen molar-refractivity contribution in [1.82, 2.24) is 0 Å². The molecule has 20 heavy (non-hydrogen) atoms. The van der Waals surface area contributed by atoms with Crippen molar-refractivity contribution in [3.8, 4) is 0 Å². The minimum Gasteiger partial charge on any atom is -0.456 e. The number of amides is 1. The van der Waals surface area contributed by atoms with E-state index in [1.807, 2.05) is 27.7 Å². The molecule has 1 aliphatic heterocycles. The third-order valence-corrected chi connectivity index (χ3v) is 2.82. The van der Waals surface area contributed by atoms with E-state index in [9.17, 15) is 9.59 Å². The highest BCUT2D eigenvalue weighted by atomic mass is 16.6. The van der Waals surface area contributed by atoms with Crippen molar-refractivity contribution in [1.29, 1.82) is 0 Å². The number of ether oxygens (including phenoxy) is 1. The van der Waals surface area contributed by atoms with Gasteiger partial charge in [0.2, 0.25) is 5.91 Å². The molecule has 108 valence electrons. The number of hydrogen-bond acceptors (Lipinski definition) is 4. The van der Waals surface area contributed by atoms with Gasteiger partial charge >= 0.3 is 5.97 Å². The molecule has 1 aromatic rings. The zero-order valence-corrected chi connectivity index (χ0v) is 12.2. The number of esters is 1. The molecule has 0 fully saturated rings. The second-order valence-electron chi connectivity index (χ2n) is 6.06. The lowest BCUT2D eigenvalue weighted by atomic mass is 10.1. The average molecular weight is 276 g/mol. The van der Waals surface area contributed by atoms with Crippen LogP contribution < -0.4 is 10.6 Å². The molecular weight excluding hydrogens is 256 g/mol. The number of anilines is 2.